The Bertz CT molecular complexity index is 1080. The first-order valence-corrected chi connectivity index (χ1v) is 6.92. The number of aromatic amines is 1. The lowest BCUT2D eigenvalue weighted by atomic mass is 10.2. The molecule has 0 saturated carbocycles. The lowest BCUT2D eigenvalue weighted by molar-refractivity contribution is 0.447. The highest BCUT2D eigenvalue weighted by molar-refractivity contribution is 6.33. The highest BCUT2D eigenvalue weighted by Gasteiger charge is 2.16. The fraction of sp³-hybridized carbons (Fsp3) is 0. The summed E-state index contributed by atoms with van der Waals surface area (Å²) in [7, 11) is 0. The number of rotatable bonds is 1. The summed E-state index contributed by atoms with van der Waals surface area (Å²) in [5.41, 5.74) is 1.67. The molecule has 5 nitrogen and oxygen atoms in total. The zero-order chi connectivity index (χ0) is 15.3. The summed E-state index contributed by atoms with van der Waals surface area (Å²) >= 11 is 6.17. The molecule has 0 radical (unpaired) electrons. The van der Waals surface area contributed by atoms with Crippen LogP contribution in [0.2, 0.25) is 5.02 Å². The van der Waals surface area contributed by atoms with Gasteiger partial charge in [-0.1, -0.05) is 23.7 Å². The van der Waals surface area contributed by atoms with Gasteiger partial charge < -0.3 is 14.5 Å². The number of aromatic nitrogens is 2. The van der Waals surface area contributed by atoms with Crippen LogP contribution in [0, 0.1) is 0 Å². The van der Waals surface area contributed by atoms with E-state index in [1.54, 1.807) is 18.2 Å². The third-order valence-corrected chi connectivity index (χ3v) is 3.78. The molecule has 4 aromatic rings. The van der Waals surface area contributed by atoms with E-state index in [1.807, 2.05) is 12.1 Å². The third kappa shape index (κ3) is 1.87. The minimum Gasteiger partial charge on any atom is -0.491 e. The van der Waals surface area contributed by atoms with Crippen LogP contribution in [0.1, 0.15) is 0 Å². The number of halogens is 1. The van der Waals surface area contributed by atoms with Crippen molar-refractivity contribution in [3.8, 4) is 17.3 Å². The molecule has 0 bridgehead atoms. The quantitative estimate of drug-likeness (QED) is 0.561. The Balaban J connectivity index is 2.09. The molecule has 0 aliphatic heterocycles. The minimum absolute atomic E-state index is 0.162. The second-order valence-corrected chi connectivity index (χ2v) is 5.26. The van der Waals surface area contributed by atoms with E-state index in [-0.39, 0.29) is 16.9 Å². The average molecular weight is 313 g/mol. The number of nitrogens with one attached hydrogen (secondary N) is 1. The smallest absolute Gasteiger partial charge is 0.259 e. The zero-order valence-corrected chi connectivity index (χ0v) is 11.9. The Hall–Kier alpha value is -2.79. The SMILES string of the molecule is O=c1ccc2c(c1)oc1c(O)nc(-c3ccccc3Cl)[nH]c12. The molecule has 2 heterocycles. The first kappa shape index (κ1) is 12.9. The Labute approximate surface area is 128 Å². The monoisotopic (exact) mass is 312 g/mol. The zero-order valence-electron chi connectivity index (χ0n) is 11.1. The van der Waals surface area contributed by atoms with Crippen molar-refractivity contribution in [1.82, 2.24) is 9.97 Å². The summed E-state index contributed by atoms with van der Waals surface area (Å²) in [6.45, 7) is 0. The van der Waals surface area contributed by atoms with Crippen LogP contribution >= 0.6 is 11.6 Å². The molecule has 0 unspecified atom stereocenters. The molecular formula is C16H9ClN2O3. The van der Waals surface area contributed by atoms with E-state index < -0.39 is 0 Å². The van der Waals surface area contributed by atoms with Gasteiger partial charge in [-0.2, -0.15) is 4.98 Å². The molecule has 4 rings (SSSR count). The largest absolute Gasteiger partial charge is 0.491 e. The van der Waals surface area contributed by atoms with E-state index >= 15 is 0 Å². The lowest BCUT2D eigenvalue weighted by Gasteiger charge is -2.04. The summed E-state index contributed by atoms with van der Waals surface area (Å²) in [5.74, 6) is 0.164. The molecule has 0 aliphatic rings. The van der Waals surface area contributed by atoms with Gasteiger partial charge in [0.15, 0.2) is 5.43 Å². The van der Waals surface area contributed by atoms with Crippen LogP contribution in [-0.4, -0.2) is 15.1 Å². The average Bonchev–Trinajstić information content (AvgIpc) is 2.86. The molecule has 108 valence electrons. The van der Waals surface area contributed by atoms with Crippen molar-refractivity contribution in [3.63, 3.8) is 0 Å². The molecule has 2 aromatic heterocycles. The molecule has 0 aliphatic carbocycles. The molecule has 22 heavy (non-hydrogen) atoms. The number of hydrogen-bond donors (Lipinski definition) is 2. The van der Waals surface area contributed by atoms with Gasteiger partial charge in [0, 0.05) is 17.0 Å². The van der Waals surface area contributed by atoms with Gasteiger partial charge in [-0.3, -0.25) is 4.79 Å². The van der Waals surface area contributed by atoms with E-state index in [1.165, 1.54) is 12.1 Å². The number of benzene rings is 2. The van der Waals surface area contributed by atoms with Gasteiger partial charge >= 0.3 is 0 Å². The summed E-state index contributed by atoms with van der Waals surface area (Å²) in [4.78, 5) is 18.6. The predicted octanol–water partition coefficient (Wildman–Crippen LogP) is 3.70. The third-order valence-electron chi connectivity index (χ3n) is 3.45. The maximum absolute atomic E-state index is 11.4. The first-order valence-electron chi connectivity index (χ1n) is 6.54. The van der Waals surface area contributed by atoms with Gasteiger partial charge in [-0.25, -0.2) is 0 Å². The van der Waals surface area contributed by atoms with Gasteiger partial charge in [0.05, 0.1) is 10.5 Å². The van der Waals surface area contributed by atoms with Gasteiger partial charge in [0.1, 0.15) is 11.4 Å². The number of furan rings is 1. The molecule has 0 spiro atoms. The molecule has 0 fully saturated rings. The first-order chi connectivity index (χ1) is 10.6. The molecule has 2 aromatic carbocycles. The van der Waals surface area contributed by atoms with Crippen molar-refractivity contribution in [1.29, 1.82) is 0 Å². The van der Waals surface area contributed by atoms with Gasteiger partial charge in [-0.15, -0.1) is 0 Å². The standard InChI is InChI=1S/C16H9ClN2O3/c17-11-4-2-1-3-9(11)15-18-13-10-6-5-8(20)7-12(10)22-14(13)16(21)19-15/h1-7,21H,(H,18,19). The van der Waals surface area contributed by atoms with Crippen molar-refractivity contribution in [2.75, 3.05) is 0 Å². The van der Waals surface area contributed by atoms with Crippen LogP contribution in [0.4, 0.5) is 0 Å². The van der Waals surface area contributed by atoms with Crippen molar-refractivity contribution in [2.45, 2.75) is 0 Å². The van der Waals surface area contributed by atoms with Crippen molar-refractivity contribution >= 4 is 33.7 Å². The van der Waals surface area contributed by atoms with Crippen molar-refractivity contribution < 1.29 is 9.52 Å². The highest BCUT2D eigenvalue weighted by Crippen LogP contribution is 2.34. The van der Waals surface area contributed by atoms with Crippen LogP contribution < -0.4 is 5.43 Å². The van der Waals surface area contributed by atoms with Crippen molar-refractivity contribution in [3.05, 3.63) is 57.7 Å². The maximum atomic E-state index is 11.4. The fourth-order valence-corrected chi connectivity index (χ4v) is 2.67. The van der Waals surface area contributed by atoms with Gasteiger partial charge in [-0.05, 0) is 24.3 Å². The number of nitrogens with zero attached hydrogens (tertiary/aromatic N) is 1. The summed E-state index contributed by atoms with van der Waals surface area (Å²) < 4.78 is 5.51. The summed E-state index contributed by atoms with van der Waals surface area (Å²) in [6.07, 6.45) is 0. The van der Waals surface area contributed by atoms with E-state index in [2.05, 4.69) is 9.97 Å². The lowest BCUT2D eigenvalue weighted by Crippen LogP contribution is -1.93. The van der Waals surface area contributed by atoms with Crippen LogP contribution in [-0.2, 0) is 0 Å². The molecule has 0 saturated heterocycles. The Morgan fingerprint density at radius 2 is 2.00 bits per heavy atom. The van der Waals surface area contributed by atoms with Crippen LogP contribution in [0.15, 0.2) is 51.7 Å². The number of hydrogen-bond acceptors (Lipinski definition) is 4. The normalized spacial score (nSPS) is 11.3. The topological polar surface area (TPSA) is 79.1 Å². The molecule has 0 atom stereocenters. The van der Waals surface area contributed by atoms with E-state index in [4.69, 9.17) is 16.0 Å². The van der Waals surface area contributed by atoms with Gasteiger partial charge in [0.25, 0.3) is 5.88 Å². The Kier molecular flexibility index (Phi) is 2.71. The van der Waals surface area contributed by atoms with Crippen LogP contribution in [0.5, 0.6) is 5.88 Å². The summed E-state index contributed by atoms with van der Waals surface area (Å²) in [6, 6.07) is 11.6. The molecule has 6 heteroatoms. The Morgan fingerprint density at radius 1 is 1.18 bits per heavy atom. The van der Waals surface area contributed by atoms with E-state index in [0.717, 1.165) is 0 Å². The van der Waals surface area contributed by atoms with E-state index in [0.29, 0.717) is 32.9 Å². The highest BCUT2D eigenvalue weighted by atomic mass is 35.5. The maximum Gasteiger partial charge on any atom is 0.259 e. The predicted molar refractivity (Wildman–Crippen MR) is 84.2 cm³/mol. The van der Waals surface area contributed by atoms with Crippen LogP contribution in [0.25, 0.3) is 33.5 Å². The fourth-order valence-electron chi connectivity index (χ4n) is 2.44. The summed E-state index contributed by atoms with van der Waals surface area (Å²) in [5, 5.41) is 11.3. The van der Waals surface area contributed by atoms with Crippen molar-refractivity contribution in [2.24, 2.45) is 0 Å². The second kappa shape index (κ2) is 4.61. The minimum atomic E-state index is -0.257. The second-order valence-electron chi connectivity index (χ2n) is 4.85. The van der Waals surface area contributed by atoms with E-state index in [9.17, 15) is 9.90 Å². The number of H-pyrrole nitrogens is 1. The molecular weight excluding hydrogens is 304 g/mol. The number of fused-ring (bicyclic) bond motifs is 3. The number of aromatic hydroxyl groups is 1. The molecule has 0 amide bonds. The van der Waals surface area contributed by atoms with Crippen LogP contribution in [0.3, 0.4) is 0 Å². The van der Waals surface area contributed by atoms with Gasteiger partial charge in [0.2, 0.25) is 5.58 Å². The molecule has 2 N–H and O–H groups in total. The Morgan fingerprint density at radius 3 is 2.82 bits per heavy atom.